The number of esters is 2. The molecule has 2 aromatic rings. The molecule has 0 radical (unpaired) electrons. The third-order valence-corrected chi connectivity index (χ3v) is 6.20. The Hall–Kier alpha value is -3.53. The second-order valence-electron chi connectivity index (χ2n) is 9.70. The minimum absolute atomic E-state index is 0.115. The van der Waals surface area contributed by atoms with E-state index in [1.54, 1.807) is 42.5 Å². The number of anilines is 2. The van der Waals surface area contributed by atoms with E-state index < -0.39 is 35.7 Å². The highest BCUT2D eigenvalue weighted by Gasteiger charge is 2.37. The molecule has 0 saturated heterocycles. The summed E-state index contributed by atoms with van der Waals surface area (Å²) in [6, 6.07) is 11.7. The number of hydrogen-bond donors (Lipinski definition) is 2. The number of ether oxygens (including phenoxy) is 3. The predicted molar refractivity (Wildman–Crippen MR) is 133 cm³/mol. The summed E-state index contributed by atoms with van der Waals surface area (Å²) in [6.45, 7) is 3.94. The second-order valence-corrected chi connectivity index (χ2v) is 9.70. The average molecular weight is 521 g/mol. The van der Waals surface area contributed by atoms with Crippen LogP contribution in [0.15, 0.2) is 48.5 Å². The zero-order valence-corrected chi connectivity index (χ0v) is 20.7. The second kappa shape index (κ2) is 11.7. The lowest BCUT2D eigenvalue weighted by atomic mass is 9.84. The van der Waals surface area contributed by atoms with Gasteiger partial charge in [-0.1, -0.05) is 32.0 Å². The van der Waals surface area contributed by atoms with Gasteiger partial charge < -0.3 is 20.9 Å². The van der Waals surface area contributed by atoms with Crippen LogP contribution in [0.3, 0.4) is 0 Å². The van der Waals surface area contributed by atoms with Crippen molar-refractivity contribution in [2.75, 3.05) is 18.1 Å². The molecule has 3 rings (SSSR count). The lowest BCUT2D eigenvalue weighted by molar-refractivity contribution is -0.345. The summed E-state index contributed by atoms with van der Waals surface area (Å²) in [5.74, 6) is -1.18. The SMILES string of the molecule is CC(C)(COC(=O)/C=C/c1ccc(OC(=O)C2CCC(OC(F)(F)F)CC2)cc1)c1ccc(N)cc1N. The van der Waals surface area contributed by atoms with E-state index in [1.165, 1.54) is 6.08 Å². The van der Waals surface area contributed by atoms with E-state index in [2.05, 4.69) is 4.74 Å². The molecule has 7 nitrogen and oxygen atoms in total. The van der Waals surface area contributed by atoms with Crippen molar-refractivity contribution in [3.05, 3.63) is 59.7 Å². The van der Waals surface area contributed by atoms with Crippen LogP contribution in [0, 0.1) is 5.92 Å². The van der Waals surface area contributed by atoms with Crippen LogP contribution in [0.1, 0.15) is 50.7 Å². The number of nitrogens with two attached hydrogens (primary N) is 2. The number of nitrogen functional groups attached to an aromatic ring is 2. The van der Waals surface area contributed by atoms with Gasteiger partial charge in [-0.3, -0.25) is 9.53 Å². The monoisotopic (exact) mass is 520 g/mol. The zero-order chi connectivity index (χ0) is 27.2. The quantitative estimate of drug-likeness (QED) is 0.208. The number of carbonyl (C=O) groups excluding carboxylic acids is 2. The van der Waals surface area contributed by atoms with Gasteiger partial charge in [0.25, 0.3) is 0 Å². The minimum atomic E-state index is -4.67. The van der Waals surface area contributed by atoms with Crippen molar-refractivity contribution >= 4 is 29.4 Å². The van der Waals surface area contributed by atoms with Crippen LogP contribution in [-0.2, 0) is 24.5 Å². The van der Waals surface area contributed by atoms with Gasteiger partial charge in [0.15, 0.2) is 0 Å². The van der Waals surface area contributed by atoms with Gasteiger partial charge in [-0.2, -0.15) is 0 Å². The fourth-order valence-electron chi connectivity index (χ4n) is 4.19. The summed E-state index contributed by atoms with van der Waals surface area (Å²) >= 11 is 0. The molecule has 2 aromatic carbocycles. The predicted octanol–water partition coefficient (Wildman–Crippen LogP) is 5.39. The van der Waals surface area contributed by atoms with Crippen molar-refractivity contribution in [2.24, 2.45) is 5.92 Å². The average Bonchev–Trinajstić information content (AvgIpc) is 2.81. The lowest BCUT2D eigenvalue weighted by Gasteiger charge is -2.27. The molecule has 1 saturated carbocycles. The van der Waals surface area contributed by atoms with Crippen LogP contribution in [0.2, 0.25) is 0 Å². The number of hydrogen-bond acceptors (Lipinski definition) is 7. The van der Waals surface area contributed by atoms with Crippen LogP contribution >= 0.6 is 0 Å². The van der Waals surface area contributed by atoms with Crippen molar-refractivity contribution in [1.82, 2.24) is 0 Å². The Morgan fingerprint density at radius 3 is 2.24 bits per heavy atom. The first-order chi connectivity index (χ1) is 17.3. The number of alkyl halides is 3. The summed E-state index contributed by atoms with van der Waals surface area (Å²) in [6.07, 6.45) is -1.91. The highest BCUT2D eigenvalue weighted by atomic mass is 19.4. The molecule has 0 aliphatic heterocycles. The van der Waals surface area contributed by atoms with Crippen LogP contribution in [0.5, 0.6) is 5.75 Å². The topological polar surface area (TPSA) is 114 Å². The molecule has 37 heavy (non-hydrogen) atoms. The van der Waals surface area contributed by atoms with Gasteiger partial charge >= 0.3 is 18.3 Å². The minimum Gasteiger partial charge on any atom is -0.462 e. The summed E-state index contributed by atoms with van der Waals surface area (Å²) in [5, 5.41) is 0. The number of rotatable bonds is 8. The maximum atomic E-state index is 12.4. The maximum absolute atomic E-state index is 12.4. The summed E-state index contributed by atoms with van der Waals surface area (Å²) in [7, 11) is 0. The summed E-state index contributed by atoms with van der Waals surface area (Å²) < 4.78 is 51.8. The van der Waals surface area contributed by atoms with Crippen molar-refractivity contribution in [1.29, 1.82) is 0 Å². The van der Waals surface area contributed by atoms with Gasteiger partial charge in [0.05, 0.1) is 12.0 Å². The number of halogens is 3. The first-order valence-corrected chi connectivity index (χ1v) is 11.9. The first-order valence-electron chi connectivity index (χ1n) is 11.9. The Kier molecular flexibility index (Phi) is 8.85. The van der Waals surface area contributed by atoms with E-state index in [4.69, 9.17) is 20.9 Å². The highest BCUT2D eigenvalue weighted by Crippen LogP contribution is 2.32. The van der Waals surface area contributed by atoms with Gasteiger partial charge in [-0.05, 0) is 67.2 Å². The Morgan fingerprint density at radius 1 is 1.00 bits per heavy atom. The van der Waals surface area contributed by atoms with Gasteiger partial charge in [0.1, 0.15) is 12.4 Å². The Bertz CT molecular complexity index is 1120. The molecule has 0 atom stereocenters. The van der Waals surface area contributed by atoms with Crippen LogP contribution in [-0.4, -0.2) is 31.0 Å². The molecule has 10 heteroatoms. The fourth-order valence-corrected chi connectivity index (χ4v) is 4.19. The molecule has 0 unspecified atom stereocenters. The third kappa shape index (κ3) is 8.52. The van der Waals surface area contributed by atoms with E-state index >= 15 is 0 Å². The molecule has 1 aliphatic carbocycles. The molecule has 200 valence electrons. The molecule has 4 N–H and O–H groups in total. The molecule has 1 fully saturated rings. The maximum Gasteiger partial charge on any atom is 0.522 e. The number of benzene rings is 2. The van der Waals surface area contributed by atoms with Crippen LogP contribution in [0.4, 0.5) is 24.5 Å². The Labute approximate surface area is 213 Å². The third-order valence-electron chi connectivity index (χ3n) is 6.20. The van der Waals surface area contributed by atoms with Crippen LogP contribution in [0.25, 0.3) is 6.08 Å². The highest BCUT2D eigenvalue weighted by molar-refractivity contribution is 5.87. The molecule has 0 bridgehead atoms. The van der Waals surface area contributed by atoms with E-state index in [-0.39, 0.29) is 32.3 Å². The fraction of sp³-hybridized carbons (Fsp3) is 0.407. The molecule has 0 heterocycles. The Balaban J connectivity index is 1.46. The molecule has 1 aliphatic rings. The standard InChI is InChI=1S/C27H31F3N2O5/c1-26(2,22-13-8-19(31)15-23(22)32)16-35-24(33)14-5-17-3-9-20(10-4-17)36-25(34)18-6-11-21(12-7-18)37-27(28,29)30/h3-5,8-10,13-15,18,21H,6-7,11-12,16,31-32H2,1-2H3/b14-5+. The van der Waals surface area contributed by atoms with Crippen LogP contribution < -0.4 is 16.2 Å². The van der Waals surface area contributed by atoms with Gasteiger partial charge in [0.2, 0.25) is 0 Å². The van der Waals surface area contributed by atoms with Crippen molar-refractivity contribution in [3.8, 4) is 5.75 Å². The largest absolute Gasteiger partial charge is 0.522 e. The normalized spacial score (nSPS) is 18.5. The molecule has 0 spiro atoms. The van der Waals surface area contributed by atoms with Crippen molar-refractivity contribution in [2.45, 2.75) is 57.4 Å². The van der Waals surface area contributed by atoms with Crippen molar-refractivity contribution < 1.29 is 37.0 Å². The molecular weight excluding hydrogens is 489 g/mol. The lowest BCUT2D eigenvalue weighted by Crippen LogP contribution is -2.32. The number of carbonyl (C=O) groups is 2. The van der Waals surface area contributed by atoms with E-state index in [9.17, 15) is 22.8 Å². The van der Waals surface area contributed by atoms with E-state index in [1.807, 2.05) is 19.9 Å². The van der Waals surface area contributed by atoms with Gasteiger partial charge in [-0.25, -0.2) is 4.79 Å². The molecule has 0 amide bonds. The molecule has 0 aromatic heterocycles. The van der Waals surface area contributed by atoms with Gasteiger partial charge in [0, 0.05) is 22.9 Å². The smallest absolute Gasteiger partial charge is 0.462 e. The zero-order valence-electron chi connectivity index (χ0n) is 20.7. The van der Waals surface area contributed by atoms with Crippen molar-refractivity contribution in [3.63, 3.8) is 0 Å². The molecular formula is C27H31F3N2O5. The Morgan fingerprint density at radius 2 is 1.65 bits per heavy atom. The summed E-state index contributed by atoms with van der Waals surface area (Å²) in [5.41, 5.74) is 13.9. The van der Waals surface area contributed by atoms with E-state index in [0.717, 1.165) is 5.56 Å². The van der Waals surface area contributed by atoms with E-state index in [0.29, 0.717) is 22.7 Å². The summed E-state index contributed by atoms with van der Waals surface area (Å²) in [4.78, 5) is 24.6. The van der Waals surface area contributed by atoms with Gasteiger partial charge in [-0.15, -0.1) is 13.2 Å². The first kappa shape index (κ1) is 28.0.